The Morgan fingerprint density at radius 2 is 1.87 bits per heavy atom. The molecule has 2 aromatic carbocycles. The summed E-state index contributed by atoms with van der Waals surface area (Å²) in [4.78, 5) is 28.1. The average Bonchev–Trinajstić information content (AvgIpc) is 3.61. The number of fused-ring (bicyclic) bond motifs is 2. The van der Waals surface area contributed by atoms with Crippen molar-refractivity contribution in [2.24, 2.45) is 0 Å². The van der Waals surface area contributed by atoms with Crippen molar-refractivity contribution in [2.45, 2.75) is 19.9 Å². The van der Waals surface area contributed by atoms with E-state index >= 15 is 0 Å². The van der Waals surface area contributed by atoms with Gasteiger partial charge in [-0.3, -0.25) is 14.1 Å². The Kier molecular flexibility index (Phi) is 8.23. The molecule has 0 saturated heterocycles. The maximum Gasteiger partial charge on any atom is 0.282 e. The highest BCUT2D eigenvalue weighted by molar-refractivity contribution is 7.92. The highest BCUT2D eigenvalue weighted by Crippen LogP contribution is 2.37. The van der Waals surface area contributed by atoms with E-state index < -0.39 is 16.1 Å². The Morgan fingerprint density at radius 3 is 2.61 bits per heavy atom. The van der Waals surface area contributed by atoms with Crippen LogP contribution in [0.25, 0.3) is 33.4 Å². The molecule has 3 N–H and O–H groups in total. The van der Waals surface area contributed by atoms with Gasteiger partial charge in [0.05, 0.1) is 29.1 Å². The fraction of sp³-hybridized carbons (Fsp3) is 0.250. The number of H-pyrrole nitrogens is 1. The summed E-state index contributed by atoms with van der Waals surface area (Å²) >= 11 is 0. The molecule has 6 aromatic rings. The molecule has 0 aliphatic rings. The summed E-state index contributed by atoms with van der Waals surface area (Å²) in [6, 6.07) is 16.0. The molecule has 0 amide bonds. The second-order valence-corrected chi connectivity index (χ2v) is 13.2. The number of rotatable bonds is 11. The lowest BCUT2D eigenvalue weighted by Gasteiger charge is -2.20. The number of likely N-dealkylation sites (N-methyl/N-ethyl adjacent to an activating group) is 1. The molecule has 13 nitrogen and oxygen atoms in total. The topological polar surface area (TPSA) is 152 Å². The highest BCUT2D eigenvalue weighted by Gasteiger charge is 2.22. The van der Waals surface area contributed by atoms with Crippen LogP contribution in [0.15, 0.2) is 78.1 Å². The van der Waals surface area contributed by atoms with Crippen molar-refractivity contribution in [3.8, 4) is 22.6 Å². The fourth-order valence-corrected chi connectivity index (χ4v) is 5.91. The Balaban J connectivity index is 1.44. The van der Waals surface area contributed by atoms with Gasteiger partial charge in [0.15, 0.2) is 5.82 Å². The van der Waals surface area contributed by atoms with Crippen LogP contribution in [0.3, 0.4) is 0 Å². The van der Waals surface area contributed by atoms with E-state index in [9.17, 15) is 13.2 Å². The molecule has 4 heterocycles. The smallest absolute Gasteiger partial charge is 0.282 e. The Bertz CT molecular complexity index is 2210. The van der Waals surface area contributed by atoms with Crippen molar-refractivity contribution in [2.75, 3.05) is 43.5 Å². The second-order valence-electron chi connectivity index (χ2n) is 11.4. The van der Waals surface area contributed by atoms with Crippen LogP contribution in [-0.2, 0) is 10.0 Å². The molecule has 0 bridgehead atoms. The zero-order chi connectivity index (χ0) is 32.6. The first-order chi connectivity index (χ1) is 22.0. The lowest BCUT2D eigenvalue weighted by Crippen LogP contribution is -2.29. The molecule has 0 fully saturated rings. The number of benzene rings is 2. The maximum absolute atomic E-state index is 13.9. The molecular formula is C32H35N9O4S. The number of nitrogens with one attached hydrogen (secondary N) is 3. The number of hydrogen-bond donors (Lipinski definition) is 3. The van der Waals surface area contributed by atoms with Crippen molar-refractivity contribution in [1.29, 1.82) is 0 Å². The van der Waals surface area contributed by atoms with Gasteiger partial charge >= 0.3 is 0 Å². The SMILES string of the molecule is Cc1ccn2nc(C(C)Nc3ncnc4[nH]cc(-c5cc(NS(C)(=O)=O)cc(OCCN(C)C)c5)c34)n(-c3ccccc3)c(=O)c12. The Morgan fingerprint density at radius 1 is 1.09 bits per heavy atom. The van der Waals surface area contributed by atoms with Gasteiger partial charge in [0.25, 0.3) is 5.56 Å². The van der Waals surface area contributed by atoms with Gasteiger partial charge in [-0.05, 0) is 69.4 Å². The van der Waals surface area contributed by atoms with Crippen LogP contribution in [0.1, 0.15) is 24.4 Å². The summed E-state index contributed by atoms with van der Waals surface area (Å²) in [5, 5.41) is 9.00. The molecule has 1 atom stereocenters. The molecule has 6 rings (SSSR count). The molecule has 4 aromatic heterocycles. The number of aromatic nitrogens is 6. The van der Waals surface area contributed by atoms with Crippen molar-refractivity contribution in [3.05, 3.63) is 95.1 Å². The number of anilines is 2. The minimum absolute atomic E-state index is 0.181. The minimum atomic E-state index is -3.55. The van der Waals surface area contributed by atoms with Crippen molar-refractivity contribution in [1.82, 2.24) is 34.0 Å². The van der Waals surface area contributed by atoms with Gasteiger partial charge in [-0.15, -0.1) is 0 Å². The number of aryl methyl sites for hydroxylation is 1. The first kappa shape index (κ1) is 30.8. The number of nitrogens with zero attached hydrogens (tertiary/aromatic N) is 6. The maximum atomic E-state index is 13.9. The van der Waals surface area contributed by atoms with Crippen molar-refractivity contribution >= 4 is 38.1 Å². The van der Waals surface area contributed by atoms with Crippen LogP contribution < -0.4 is 20.3 Å². The van der Waals surface area contributed by atoms with E-state index in [0.717, 1.165) is 17.4 Å². The van der Waals surface area contributed by atoms with E-state index in [0.29, 0.717) is 64.0 Å². The van der Waals surface area contributed by atoms with Crippen LogP contribution in [-0.4, -0.2) is 76.0 Å². The van der Waals surface area contributed by atoms with E-state index in [1.165, 1.54) is 6.33 Å². The quantitative estimate of drug-likeness (QED) is 0.189. The number of sulfonamides is 1. The Labute approximate surface area is 265 Å². The summed E-state index contributed by atoms with van der Waals surface area (Å²) in [6.07, 6.45) is 6.13. The summed E-state index contributed by atoms with van der Waals surface area (Å²) in [5.74, 6) is 1.49. The van der Waals surface area contributed by atoms with Gasteiger partial charge in [-0.2, -0.15) is 5.10 Å². The zero-order valence-electron chi connectivity index (χ0n) is 26.1. The van der Waals surface area contributed by atoms with E-state index in [4.69, 9.17) is 9.84 Å². The van der Waals surface area contributed by atoms with Crippen LogP contribution in [0.2, 0.25) is 0 Å². The molecule has 0 saturated carbocycles. The largest absolute Gasteiger partial charge is 0.492 e. The first-order valence-corrected chi connectivity index (χ1v) is 16.5. The van der Waals surface area contributed by atoms with E-state index in [1.54, 1.807) is 33.6 Å². The minimum Gasteiger partial charge on any atom is -0.492 e. The van der Waals surface area contributed by atoms with Crippen LogP contribution >= 0.6 is 0 Å². The molecule has 46 heavy (non-hydrogen) atoms. The normalized spacial score (nSPS) is 12.6. The standard InChI is InChI=1S/C32H35N9O4S/c1-20-11-12-40-28(20)32(42)41(24-9-7-6-8-10-24)31(37-40)21(2)36-30-27-26(18-33-29(27)34-19-35-30)22-15-23(38-46(5,43)44)17-25(16-22)45-14-13-39(3)4/h6-12,15-19,21,38H,13-14H2,1-5H3,(H2,33,34,35,36). The van der Waals surface area contributed by atoms with E-state index in [2.05, 4.69) is 25.0 Å². The third-order valence-electron chi connectivity index (χ3n) is 7.47. The lowest BCUT2D eigenvalue weighted by molar-refractivity contribution is 0.261. The van der Waals surface area contributed by atoms with Gasteiger partial charge in [-0.25, -0.2) is 22.9 Å². The van der Waals surface area contributed by atoms with Crippen molar-refractivity contribution in [3.63, 3.8) is 0 Å². The zero-order valence-corrected chi connectivity index (χ0v) is 27.0. The molecule has 0 spiro atoms. The van der Waals surface area contributed by atoms with Gasteiger partial charge in [0.2, 0.25) is 10.0 Å². The van der Waals surface area contributed by atoms with Crippen LogP contribution in [0, 0.1) is 6.92 Å². The summed E-state index contributed by atoms with van der Waals surface area (Å²) < 4.78 is 36.1. The molecule has 238 valence electrons. The summed E-state index contributed by atoms with van der Waals surface area (Å²) in [7, 11) is 0.346. The number of ether oxygens (including phenoxy) is 1. The fourth-order valence-electron chi connectivity index (χ4n) is 5.36. The third kappa shape index (κ3) is 6.30. The van der Waals surface area contributed by atoms with Gasteiger partial charge in [0.1, 0.15) is 35.7 Å². The van der Waals surface area contributed by atoms with Gasteiger partial charge in [-0.1, -0.05) is 18.2 Å². The summed E-state index contributed by atoms with van der Waals surface area (Å²) in [6.45, 7) is 4.90. The third-order valence-corrected chi connectivity index (χ3v) is 8.07. The predicted molar refractivity (Wildman–Crippen MR) is 179 cm³/mol. The summed E-state index contributed by atoms with van der Waals surface area (Å²) in [5.41, 5.74) is 4.20. The Hall–Kier alpha value is -5.21. The molecule has 0 radical (unpaired) electrons. The van der Waals surface area contributed by atoms with E-state index in [-0.39, 0.29) is 5.56 Å². The predicted octanol–water partition coefficient (Wildman–Crippen LogP) is 4.22. The van der Waals surface area contributed by atoms with E-state index in [1.807, 2.05) is 75.3 Å². The average molecular weight is 642 g/mol. The lowest BCUT2D eigenvalue weighted by atomic mass is 10.0. The number of para-hydroxylation sites is 1. The molecular weight excluding hydrogens is 606 g/mol. The molecule has 0 aliphatic carbocycles. The van der Waals surface area contributed by atoms with Crippen LogP contribution in [0.5, 0.6) is 5.75 Å². The number of hydrogen-bond acceptors (Lipinski definition) is 9. The molecule has 14 heteroatoms. The van der Waals surface area contributed by atoms with Crippen LogP contribution in [0.4, 0.5) is 11.5 Å². The van der Waals surface area contributed by atoms with Gasteiger partial charge in [0, 0.05) is 30.6 Å². The van der Waals surface area contributed by atoms with Crippen molar-refractivity contribution < 1.29 is 13.2 Å². The second kappa shape index (κ2) is 12.3. The molecule has 0 aliphatic heterocycles. The highest BCUT2D eigenvalue weighted by atomic mass is 32.2. The van der Waals surface area contributed by atoms with Gasteiger partial charge < -0.3 is 19.9 Å². The number of aromatic amines is 1. The monoisotopic (exact) mass is 641 g/mol. The first-order valence-electron chi connectivity index (χ1n) is 14.6. The molecule has 1 unspecified atom stereocenters.